The van der Waals surface area contributed by atoms with Crippen molar-refractivity contribution in [3.8, 4) is 0 Å². The third-order valence-corrected chi connectivity index (χ3v) is 9.16. The summed E-state index contributed by atoms with van der Waals surface area (Å²) in [6.45, 7) is 13.4. The molecule has 3 heteroatoms. The first-order valence-corrected chi connectivity index (χ1v) is 18.8. The molecule has 2 rings (SSSR count). The van der Waals surface area contributed by atoms with E-state index in [0.29, 0.717) is 0 Å². The Bertz CT molecular complexity index is 1080. The van der Waals surface area contributed by atoms with Crippen LogP contribution >= 0.6 is 0 Å². The molecule has 0 aliphatic heterocycles. The van der Waals surface area contributed by atoms with Crippen LogP contribution in [0.1, 0.15) is 154 Å². The van der Waals surface area contributed by atoms with Gasteiger partial charge in [0.25, 0.3) is 0 Å². The van der Waals surface area contributed by atoms with E-state index in [1.54, 1.807) is 0 Å². The molecule has 0 amide bonds. The van der Waals surface area contributed by atoms with Crippen LogP contribution in [0.3, 0.4) is 0 Å². The van der Waals surface area contributed by atoms with Gasteiger partial charge in [0.1, 0.15) is 0 Å². The average molecular weight is 630 g/mol. The zero-order chi connectivity index (χ0) is 31.5. The first-order valence-electron chi connectivity index (χ1n) is 17.4. The van der Waals surface area contributed by atoms with Gasteiger partial charge in [0.2, 0.25) is 0 Å². The van der Waals surface area contributed by atoms with E-state index in [-0.39, 0.29) is 0 Å². The van der Waals surface area contributed by atoms with Crippen LogP contribution in [0.2, 0.25) is 10.8 Å². The Balaban J connectivity index is 0.000000887. The molecule has 0 saturated heterocycles. The van der Waals surface area contributed by atoms with Crippen molar-refractivity contribution in [2.24, 2.45) is 0 Å². The van der Waals surface area contributed by atoms with Crippen LogP contribution in [0.15, 0.2) is 59.7 Å². The third-order valence-electron chi connectivity index (χ3n) is 7.76. The molecule has 43 heavy (non-hydrogen) atoms. The maximum atomic E-state index is 9.35. The van der Waals surface area contributed by atoms with Crippen LogP contribution in [-0.2, 0) is 27.3 Å². The molecule has 0 aliphatic rings. The molecule has 0 heterocycles. The van der Waals surface area contributed by atoms with E-state index in [1.807, 2.05) is 14.4 Å². The van der Waals surface area contributed by atoms with Gasteiger partial charge < -0.3 is 5.53 Å². The van der Waals surface area contributed by atoms with Gasteiger partial charge in [-0.25, -0.2) is 0 Å². The van der Waals surface area contributed by atoms with Gasteiger partial charge in [-0.2, -0.15) is 0 Å². The first-order chi connectivity index (χ1) is 21.1. The van der Waals surface area contributed by atoms with Crippen LogP contribution in [0.5, 0.6) is 0 Å². The van der Waals surface area contributed by atoms with Gasteiger partial charge in [-0.3, -0.25) is 0 Å². The molecular formula is C40H62N2Ni. The van der Waals surface area contributed by atoms with Crippen molar-refractivity contribution in [2.45, 2.75) is 155 Å². The summed E-state index contributed by atoms with van der Waals surface area (Å²) in [5.74, 6) is 2.92. The molecule has 0 aliphatic carbocycles. The minimum atomic E-state index is 0.868. The van der Waals surface area contributed by atoms with Crippen LogP contribution in [-0.4, -0.2) is 10.7 Å². The second-order valence-corrected chi connectivity index (χ2v) is 13.0. The number of hydrogen-bond acceptors (Lipinski definition) is 0. The summed E-state index contributed by atoms with van der Waals surface area (Å²) >= 11 is 1.94. The molecular weight excluding hydrogens is 567 g/mol. The molecule has 2 nitrogen and oxygen atoms in total. The Hall–Kier alpha value is -2.17. The van der Waals surface area contributed by atoms with Crippen molar-refractivity contribution in [1.29, 1.82) is 0 Å². The number of hydrogen-bond donors (Lipinski definition) is 0. The quantitative estimate of drug-likeness (QED) is 0.0329. The van der Waals surface area contributed by atoms with Crippen LogP contribution in [0, 0.1) is 0 Å². The van der Waals surface area contributed by atoms with E-state index in [1.165, 1.54) is 108 Å². The summed E-state index contributed by atoms with van der Waals surface area (Å²) in [6.07, 6.45) is 19.3. The normalized spacial score (nSPS) is 11.3. The Morgan fingerprint density at radius 3 is 1.53 bits per heavy atom. The Labute approximate surface area is 272 Å². The molecule has 0 N–H and O–H groups in total. The predicted molar refractivity (Wildman–Crippen MR) is 187 cm³/mol. The molecule has 242 valence electrons. The fourth-order valence-corrected chi connectivity index (χ4v) is 6.46. The van der Waals surface area contributed by atoms with Crippen molar-refractivity contribution in [3.63, 3.8) is 0 Å². The maximum absolute atomic E-state index is 9.35. The average Bonchev–Trinajstić information content (AvgIpc) is 3.04. The zero-order valence-electron chi connectivity index (χ0n) is 28.6. The van der Waals surface area contributed by atoms with E-state index in [2.05, 4.69) is 101 Å². The fourth-order valence-electron chi connectivity index (χ4n) is 5.02. The fraction of sp³-hybridized carbons (Fsp3) is 0.600. The molecule has 0 unspecified atom stereocenters. The number of nitrogens with zero attached hydrogens (tertiary/aromatic N) is 2. The van der Waals surface area contributed by atoms with Gasteiger partial charge in [0.15, 0.2) is 0 Å². The Morgan fingerprint density at radius 1 is 0.605 bits per heavy atom. The molecule has 0 atom stereocenters. The number of allylic oxidation sites excluding steroid dienone is 2. The molecule has 0 fully saturated rings. The van der Waals surface area contributed by atoms with Gasteiger partial charge in [0, 0.05) is 0 Å². The summed E-state index contributed by atoms with van der Waals surface area (Å²) in [6, 6.07) is 18.2. The summed E-state index contributed by atoms with van der Waals surface area (Å²) in [7, 11) is 0. The summed E-state index contributed by atoms with van der Waals surface area (Å²) in [5.41, 5.74) is 18.1. The Kier molecular flexibility index (Phi) is 23.7. The van der Waals surface area contributed by atoms with Gasteiger partial charge in [-0.1, -0.05) is 108 Å². The van der Waals surface area contributed by atoms with Crippen LogP contribution in [0.4, 0.5) is 0 Å². The van der Waals surface area contributed by atoms with Crippen LogP contribution < -0.4 is 0 Å². The van der Waals surface area contributed by atoms with E-state index < -0.39 is 0 Å². The van der Waals surface area contributed by atoms with Crippen LogP contribution in [0.25, 0.3) is 11.1 Å². The minimum absolute atomic E-state index is 0.868. The first kappa shape index (κ1) is 38.9. The van der Waals surface area contributed by atoms with Crippen molar-refractivity contribution in [2.75, 3.05) is 0 Å². The molecule has 0 spiro atoms. The van der Waals surface area contributed by atoms with Gasteiger partial charge in [0.05, 0.1) is 5.57 Å². The van der Waals surface area contributed by atoms with E-state index in [4.69, 9.17) is 0 Å². The van der Waals surface area contributed by atoms with E-state index in [0.717, 1.165) is 44.1 Å². The number of benzene rings is 2. The van der Waals surface area contributed by atoms with Crippen molar-refractivity contribution in [3.05, 3.63) is 87.5 Å². The third kappa shape index (κ3) is 16.5. The topological polar surface area (TPSA) is 36.4 Å². The van der Waals surface area contributed by atoms with Crippen molar-refractivity contribution < 1.29 is 19.2 Å². The second-order valence-electron chi connectivity index (χ2n) is 11.5. The molecule has 0 radical (unpaired) electrons. The van der Waals surface area contributed by atoms with E-state index >= 15 is 0 Å². The zero-order valence-corrected chi connectivity index (χ0v) is 29.5. The molecule has 0 saturated carbocycles. The second kappa shape index (κ2) is 26.3. The number of rotatable bonds is 21. The number of unbranched alkanes of at least 4 members (excludes halogenated alkanes) is 7. The SMILES string of the molecule is CCCCCCc1ccc(C(=C(CC)C(=C=[N+]=[N-])CCCC)c2ccc(CCCC)cc2)cc1.CCC[CH2][Ni][CH2]CCC. The summed E-state index contributed by atoms with van der Waals surface area (Å²) in [4.78, 5) is 3.32. The summed E-state index contributed by atoms with van der Waals surface area (Å²) in [5, 5.41) is 2.78. The molecule has 0 bridgehead atoms. The number of aryl methyl sites for hydroxylation is 2. The molecule has 2 aromatic rings. The predicted octanol–water partition coefficient (Wildman–Crippen LogP) is 12.9. The monoisotopic (exact) mass is 628 g/mol. The molecule has 2 aromatic carbocycles. The Morgan fingerprint density at radius 2 is 1.09 bits per heavy atom. The van der Waals surface area contributed by atoms with E-state index in [9.17, 15) is 5.53 Å². The van der Waals surface area contributed by atoms with Gasteiger partial charge >= 0.3 is 70.6 Å². The van der Waals surface area contributed by atoms with Gasteiger partial charge in [-0.15, -0.1) is 4.79 Å². The van der Waals surface area contributed by atoms with Gasteiger partial charge in [-0.05, 0) is 78.3 Å². The molecule has 0 aromatic heterocycles. The standard InChI is InChI=1S/C32H44N2.2C4H9.Ni/c1-5-9-12-13-15-27-19-23-29(24-20-27)32(28-21-17-26(18-22-28)14-10-6-2)31(8-4)30(25-34-33)16-11-7-3;2*1-3-4-2;/h17-24H,5-16H2,1-4H3;2*1,3-4H2,2H3;. The van der Waals surface area contributed by atoms with Crippen molar-refractivity contribution >= 4 is 11.4 Å². The summed E-state index contributed by atoms with van der Waals surface area (Å²) < 4.78 is 0. The van der Waals surface area contributed by atoms with Crippen molar-refractivity contribution in [1.82, 2.24) is 0 Å².